The fourth-order valence-corrected chi connectivity index (χ4v) is 2.09. The van der Waals surface area contributed by atoms with Gasteiger partial charge >= 0.3 is 6.18 Å². The highest BCUT2D eigenvalue weighted by atomic mass is 32.1. The molecule has 0 aliphatic heterocycles. The van der Waals surface area contributed by atoms with E-state index in [1.54, 1.807) is 20.8 Å². The third-order valence-electron chi connectivity index (χ3n) is 2.08. The van der Waals surface area contributed by atoms with Crippen LogP contribution in [0.1, 0.15) is 29.3 Å². The van der Waals surface area contributed by atoms with Gasteiger partial charge in [0.05, 0.1) is 5.01 Å². The van der Waals surface area contributed by atoms with Gasteiger partial charge in [-0.15, -0.1) is 11.3 Å². The molecule has 3 nitrogen and oxygen atoms in total. The maximum absolute atomic E-state index is 12.4. The molecular formula is C11H15F3N2OS. The molecular weight excluding hydrogens is 265 g/mol. The van der Waals surface area contributed by atoms with Crippen LogP contribution in [0.4, 0.5) is 13.2 Å². The maximum Gasteiger partial charge on any atom is 0.406 e. The van der Waals surface area contributed by atoms with E-state index in [0.717, 1.165) is 4.90 Å². The second-order valence-electron chi connectivity index (χ2n) is 4.45. The molecule has 0 saturated heterocycles. The van der Waals surface area contributed by atoms with Crippen LogP contribution < -0.4 is 0 Å². The van der Waals surface area contributed by atoms with Crippen molar-refractivity contribution < 1.29 is 18.0 Å². The van der Waals surface area contributed by atoms with E-state index in [-0.39, 0.29) is 18.2 Å². The minimum atomic E-state index is -4.39. The molecule has 0 aromatic carbocycles. The Labute approximate surface area is 108 Å². The second kappa shape index (κ2) is 5.69. The molecule has 0 aliphatic carbocycles. The van der Waals surface area contributed by atoms with E-state index in [1.807, 2.05) is 0 Å². The summed E-state index contributed by atoms with van der Waals surface area (Å²) < 4.78 is 37.3. The number of hydrogen-bond acceptors (Lipinski definition) is 3. The lowest BCUT2D eigenvalue weighted by atomic mass is 10.2. The molecule has 7 heteroatoms. The molecule has 18 heavy (non-hydrogen) atoms. The fraction of sp³-hybridized carbons (Fsp3) is 0.636. The van der Waals surface area contributed by atoms with E-state index in [2.05, 4.69) is 4.98 Å². The Kier molecular flexibility index (Phi) is 4.72. The van der Waals surface area contributed by atoms with Crippen LogP contribution in [-0.2, 0) is 0 Å². The zero-order valence-electron chi connectivity index (χ0n) is 10.4. The molecule has 1 heterocycles. The summed E-state index contributed by atoms with van der Waals surface area (Å²) >= 11 is 1.25. The molecule has 0 saturated carbocycles. The Hall–Kier alpha value is -1.11. The maximum atomic E-state index is 12.4. The van der Waals surface area contributed by atoms with Crippen LogP contribution in [0, 0.1) is 12.8 Å². The van der Waals surface area contributed by atoms with Crippen molar-refractivity contribution in [3.63, 3.8) is 0 Å². The van der Waals surface area contributed by atoms with Crippen LogP contribution >= 0.6 is 11.3 Å². The van der Waals surface area contributed by atoms with Crippen LogP contribution in [0.5, 0.6) is 0 Å². The molecule has 1 rings (SSSR count). The summed E-state index contributed by atoms with van der Waals surface area (Å²) in [5.74, 6) is -0.693. The molecule has 1 amide bonds. The number of amides is 1. The predicted octanol–water partition coefficient (Wildman–Crippen LogP) is 3.11. The van der Waals surface area contributed by atoms with Gasteiger partial charge in [0.25, 0.3) is 5.91 Å². The minimum Gasteiger partial charge on any atom is -0.328 e. The zero-order chi connectivity index (χ0) is 13.9. The summed E-state index contributed by atoms with van der Waals surface area (Å²) in [7, 11) is 0. The minimum absolute atomic E-state index is 0.0315. The van der Waals surface area contributed by atoms with Crippen molar-refractivity contribution in [3.05, 3.63) is 16.1 Å². The molecule has 0 unspecified atom stereocenters. The Morgan fingerprint density at radius 2 is 2.11 bits per heavy atom. The van der Waals surface area contributed by atoms with Gasteiger partial charge < -0.3 is 4.90 Å². The summed E-state index contributed by atoms with van der Waals surface area (Å²) in [6.07, 6.45) is -4.39. The normalized spacial score (nSPS) is 11.9. The van der Waals surface area contributed by atoms with Gasteiger partial charge in [0.2, 0.25) is 0 Å². The molecule has 1 aromatic heterocycles. The largest absolute Gasteiger partial charge is 0.406 e. The Balaban J connectivity index is 2.85. The Morgan fingerprint density at radius 3 is 2.50 bits per heavy atom. The quantitative estimate of drug-likeness (QED) is 0.849. The second-order valence-corrected chi connectivity index (χ2v) is 5.51. The Morgan fingerprint density at radius 1 is 1.50 bits per heavy atom. The highest BCUT2D eigenvalue weighted by molar-refractivity contribution is 7.09. The van der Waals surface area contributed by atoms with Gasteiger partial charge in [0.1, 0.15) is 12.2 Å². The van der Waals surface area contributed by atoms with Crippen LogP contribution in [0.3, 0.4) is 0 Å². The van der Waals surface area contributed by atoms with Crippen LogP contribution in [-0.4, -0.2) is 35.1 Å². The van der Waals surface area contributed by atoms with E-state index in [9.17, 15) is 18.0 Å². The van der Waals surface area contributed by atoms with E-state index in [4.69, 9.17) is 0 Å². The highest BCUT2D eigenvalue weighted by Crippen LogP contribution is 2.19. The van der Waals surface area contributed by atoms with Gasteiger partial charge in [-0.3, -0.25) is 4.79 Å². The number of aryl methyl sites for hydroxylation is 1. The molecule has 102 valence electrons. The van der Waals surface area contributed by atoms with E-state index >= 15 is 0 Å². The van der Waals surface area contributed by atoms with E-state index in [0.29, 0.717) is 5.01 Å². The number of rotatable bonds is 4. The van der Waals surface area contributed by atoms with Gasteiger partial charge in [-0.25, -0.2) is 4.98 Å². The van der Waals surface area contributed by atoms with Crippen molar-refractivity contribution in [3.8, 4) is 0 Å². The SMILES string of the molecule is Cc1nc(C(=O)N(CC(C)C)CC(F)(F)F)cs1. The number of aromatic nitrogens is 1. The number of nitrogens with zero attached hydrogens (tertiary/aromatic N) is 2. The highest BCUT2D eigenvalue weighted by Gasteiger charge is 2.34. The number of alkyl halides is 3. The predicted molar refractivity (Wildman–Crippen MR) is 63.6 cm³/mol. The Bertz CT molecular complexity index is 415. The first-order valence-corrected chi connectivity index (χ1v) is 6.35. The van der Waals surface area contributed by atoms with Crippen molar-refractivity contribution in [1.82, 2.24) is 9.88 Å². The lowest BCUT2D eigenvalue weighted by Crippen LogP contribution is -2.41. The van der Waals surface area contributed by atoms with Crippen molar-refractivity contribution in [2.24, 2.45) is 5.92 Å². The molecule has 0 N–H and O–H groups in total. The molecule has 0 aliphatic rings. The van der Waals surface area contributed by atoms with Gasteiger partial charge in [0, 0.05) is 11.9 Å². The molecule has 0 fully saturated rings. The summed E-state index contributed by atoms with van der Waals surface area (Å²) in [5, 5.41) is 2.15. The van der Waals surface area contributed by atoms with E-state index < -0.39 is 18.6 Å². The lowest BCUT2D eigenvalue weighted by molar-refractivity contribution is -0.141. The van der Waals surface area contributed by atoms with Crippen molar-refractivity contribution in [2.45, 2.75) is 26.9 Å². The number of thiazole rings is 1. The fourth-order valence-electron chi connectivity index (χ4n) is 1.50. The van der Waals surface area contributed by atoms with Crippen molar-refractivity contribution in [2.75, 3.05) is 13.1 Å². The average Bonchev–Trinajstić information content (AvgIpc) is 2.59. The number of carbonyl (C=O) groups excluding carboxylic acids is 1. The number of carbonyl (C=O) groups is 1. The number of hydrogen-bond donors (Lipinski definition) is 0. The summed E-state index contributed by atoms with van der Waals surface area (Å²) in [6, 6.07) is 0. The number of halogens is 3. The molecule has 0 atom stereocenters. The third-order valence-corrected chi connectivity index (χ3v) is 2.85. The monoisotopic (exact) mass is 280 g/mol. The molecule has 0 bridgehead atoms. The molecule has 0 spiro atoms. The van der Waals surface area contributed by atoms with Crippen LogP contribution in [0.15, 0.2) is 5.38 Å². The van der Waals surface area contributed by atoms with Gasteiger partial charge in [0.15, 0.2) is 0 Å². The average molecular weight is 280 g/mol. The van der Waals surface area contributed by atoms with Gasteiger partial charge in [-0.05, 0) is 12.8 Å². The topological polar surface area (TPSA) is 33.2 Å². The molecule has 0 radical (unpaired) electrons. The first-order valence-electron chi connectivity index (χ1n) is 5.47. The van der Waals surface area contributed by atoms with E-state index in [1.165, 1.54) is 16.7 Å². The smallest absolute Gasteiger partial charge is 0.328 e. The lowest BCUT2D eigenvalue weighted by Gasteiger charge is -2.24. The molecule has 1 aromatic rings. The van der Waals surface area contributed by atoms with Gasteiger partial charge in [-0.1, -0.05) is 13.8 Å². The summed E-state index contributed by atoms with van der Waals surface area (Å²) in [4.78, 5) is 16.7. The van der Waals surface area contributed by atoms with Crippen molar-refractivity contribution in [1.29, 1.82) is 0 Å². The van der Waals surface area contributed by atoms with Gasteiger partial charge in [-0.2, -0.15) is 13.2 Å². The van der Waals surface area contributed by atoms with Crippen molar-refractivity contribution >= 4 is 17.2 Å². The van der Waals surface area contributed by atoms with Crippen LogP contribution in [0.25, 0.3) is 0 Å². The first-order chi connectivity index (χ1) is 8.19. The summed E-state index contributed by atoms with van der Waals surface area (Å²) in [6.45, 7) is 4.07. The standard InChI is InChI=1S/C11H15F3N2OS/c1-7(2)4-16(6-11(12,13)14)10(17)9-5-18-8(3)15-9/h5,7H,4,6H2,1-3H3. The first kappa shape index (κ1) is 14.9. The zero-order valence-corrected chi connectivity index (χ0v) is 11.2. The van der Waals surface area contributed by atoms with Crippen LogP contribution in [0.2, 0.25) is 0 Å². The summed E-state index contributed by atoms with van der Waals surface area (Å²) in [5.41, 5.74) is 0.0856. The third kappa shape index (κ3) is 4.64.